The maximum Gasteiger partial charge on any atom is 0.204 e. The van der Waals surface area contributed by atoms with Crippen LogP contribution in [0.15, 0.2) is 24.4 Å². The first kappa shape index (κ1) is 13.3. The molecule has 0 fully saturated rings. The van der Waals surface area contributed by atoms with Gasteiger partial charge in [0.25, 0.3) is 0 Å². The van der Waals surface area contributed by atoms with Gasteiger partial charge in [-0.3, -0.25) is 0 Å². The first-order valence-electron chi connectivity index (χ1n) is 6.20. The number of anilines is 2. The van der Waals surface area contributed by atoms with E-state index in [9.17, 15) is 5.11 Å². The summed E-state index contributed by atoms with van der Waals surface area (Å²) >= 11 is 0. The van der Waals surface area contributed by atoms with Crippen LogP contribution in [0.25, 0.3) is 0 Å². The van der Waals surface area contributed by atoms with Gasteiger partial charge in [0.05, 0.1) is 18.4 Å². The first-order valence-corrected chi connectivity index (χ1v) is 6.20. The van der Waals surface area contributed by atoms with Crippen molar-refractivity contribution >= 4 is 11.6 Å². The van der Waals surface area contributed by atoms with E-state index in [1.807, 2.05) is 55.9 Å². The topological polar surface area (TPSA) is 53.3 Å². The number of phenolic OH excluding ortho intramolecular Hbond substituents is 1. The summed E-state index contributed by atoms with van der Waals surface area (Å²) in [5, 5.41) is 12.9. The van der Waals surface area contributed by atoms with E-state index in [1.54, 1.807) is 6.07 Å². The molecule has 2 aromatic rings. The second-order valence-electron chi connectivity index (χ2n) is 4.86. The van der Waals surface area contributed by atoms with E-state index in [0.717, 1.165) is 22.9 Å². The van der Waals surface area contributed by atoms with E-state index < -0.39 is 0 Å². The zero-order valence-corrected chi connectivity index (χ0v) is 11.8. The number of nitrogens with zero attached hydrogens (tertiary/aromatic N) is 3. The lowest BCUT2D eigenvalue weighted by Gasteiger charge is -2.13. The second kappa shape index (κ2) is 5.22. The predicted octanol–water partition coefficient (Wildman–Crippen LogP) is 2.11. The molecule has 102 valence electrons. The quantitative estimate of drug-likeness (QED) is 0.884. The molecule has 0 radical (unpaired) electrons. The number of nitrogens with one attached hydrogen (secondary N) is 1. The summed E-state index contributed by atoms with van der Waals surface area (Å²) in [5.74, 6) is 1.23. The Labute approximate surface area is 113 Å². The summed E-state index contributed by atoms with van der Waals surface area (Å²) in [6, 6.07) is 5.59. The lowest BCUT2D eigenvalue weighted by atomic mass is 10.2. The van der Waals surface area contributed by atoms with Gasteiger partial charge in [-0.1, -0.05) is 6.07 Å². The van der Waals surface area contributed by atoms with E-state index in [1.165, 1.54) is 0 Å². The monoisotopic (exact) mass is 260 g/mol. The molecule has 0 saturated carbocycles. The Kier molecular flexibility index (Phi) is 3.64. The van der Waals surface area contributed by atoms with Gasteiger partial charge in [-0.2, -0.15) is 0 Å². The Morgan fingerprint density at radius 3 is 2.68 bits per heavy atom. The molecule has 1 aromatic carbocycles. The molecule has 0 aliphatic carbocycles. The fourth-order valence-corrected chi connectivity index (χ4v) is 1.93. The maximum atomic E-state index is 9.66. The summed E-state index contributed by atoms with van der Waals surface area (Å²) in [6.45, 7) is 2.55. The van der Waals surface area contributed by atoms with Gasteiger partial charge in [-0.15, -0.1) is 0 Å². The Hall–Kier alpha value is -2.17. The number of aromatic nitrogens is 2. The van der Waals surface area contributed by atoms with Gasteiger partial charge in [0, 0.05) is 32.9 Å². The van der Waals surface area contributed by atoms with Crippen LogP contribution in [0, 0.1) is 6.92 Å². The SMILES string of the molecule is Cc1ccc(NCc2cnc(N(C)C)n2C)cc1O. The molecule has 2 rings (SSSR count). The molecule has 0 saturated heterocycles. The summed E-state index contributed by atoms with van der Waals surface area (Å²) in [7, 11) is 5.93. The lowest BCUT2D eigenvalue weighted by Crippen LogP contribution is -2.15. The van der Waals surface area contributed by atoms with Crippen LogP contribution in [0.1, 0.15) is 11.3 Å². The molecular formula is C14H20N4O. The van der Waals surface area contributed by atoms with Crippen LogP contribution in [0.2, 0.25) is 0 Å². The van der Waals surface area contributed by atoms with Crippen LogP contribution in [-0.2, 0) is 13.6 Å². The normalized spacial score (nSPS) is 10.5. The van der Waals surface area contributed by atoms with Crippen molar-refractivity contribution in [2.75, 3.05) is 24.3 Å². The Morgan fingerprint density at radius 2 is 2.11 bits per heavy atom. The number of aromatic hydroxyl groups is 1. The van der Waals surface area contributed by atoms with Gasteiger partial charge in [0.1, 0.15) is 5.75 Å². The minimum Gasteiger partial charge on any atom is -0.508 e. The van der Waals surface area contributed by atoms with Crippen molar-refractivity contribution in [3.63, 3.8) is 0 Å². The number of benzene rings is 1. The third kappa shape index (κ3) is 2.81. The van der Waals surface area contributed by atoms with Gasteiger partial charge in [-0.05, 0) is 18.6 Å². The van der Waals surface area contributed by atoms with Gasteiger partial charge in [0.15, 0.2) is 0 Å². The van der Waals surface area contributed by atoms with Crippen LogP contribution in [0.4, 0.5) is 11.6 Å². The molecule has 0 unspecified atom stereocenters. The standard InChI is InChI=1S/C14H20N4O/c1-10-5-6-11(7-13(10)19)15-8-12-9-16-14(17(2)3)18(12)4/h5-7,9,15,19H,8H2,1-4H3. The Balaban J connectivity index is 2.08. The summed E-state index contributed by atoms with van der Waals surface area (Å²) < 4.78 is 2.04. The Bertz CT molecular complexity index is 575. The van der Waals surface area contributed by atoms with E-state index in [4.69, 9.17) is 0 Å². The van der Waals surface area contributed by atoms with E-state index in [-0.39, 0.29) is 0 Å². The van der Waals surface area contributed by atoms with Crippen molar-refractivity contribution in [3.8, 4) is 5.75 Å². The zero-order valence-electron chi connectivity index (χ0n) is 11.8. The molecule has 19 heavy (non-hydrogen) atoms. The summed E-state index contributed by atoms with van der Waals surface area (Å²) in [4.78, 5) is 6.33. The largest absolute Gasteiger partial charge is 0.508 e. The molecule has 2 N–H and O–H groups in total. The third-order valence-electron chi connectivity index (χ3n) is 3.14. The molecular weight excluding hydrogens is 240 g/mol. The Morgan fingerprint density at radius 1 is 1.37 bits per heavy atom. The second-order valence-corrected chi connectivity index (χ2v) is 4.86. The van der Waals surface area contributed by atoms with Crippen molar-refractivity contribution in [2.45, 2.75) is 13.5 Å². The highest BCUT2D eigenvalue weighted by Crippen LogP contribution is 2.21. The smallest absolute Gasteiger partial charge is 0.204 e. The van der Waals surface area contributed by atoms with Gasteiger partial charge < -0.3 is 19.9 Å². The molecule has 0 aliphatic rings. The lowest BCUT2D eigenvalue weighted by molar-refractivity contribution is 0.471. The summed E-state index contributed by atoms with van der Waals surface area (Å²) in [6.07, 6.45) is 1.86. The molecule has 0 amide bonds. The molecule has 0 atom stereocenters. The highest BCUT2D eigenvalue weighted by molar-refractivity contribution is 5.51. The number of hydrogen-bond acceptors (Lipinski definition) is 4. The van der Waals surface area contributed by atoms with Crippen molar-refractivity contribution in [3.05, 3.63) is 35.7 Å². The molecule has 5 nitrogen and oxygen atoms in total. The minimum absolute atomic E-state index is 0.309. The summed E-state index contributed by atoms with van der Waals surface area (Å²) in [5.41, 5.74) is 2.86. The number of aryl methyl sites for hydroxylation is 1. The average Bonchev–Trinajstić information content (AvgIpc) is 2.72. The molecule has 0 bridgehead atoms. The van der Waals surface area contributed by atoms with Gasteiger partial charge in [-0.25, -0.2) is 4.98 Å². The van der Waals surface area contributed by atoms with E-state index in [0.29, 0.717) is 12.3 Å². The molecule has 1 heterocycles. The highest BCUT2D eigenvalue weighted by Gasteiger charge is 2.07. The predicted molar refractivity (Wildman–Crippen MR) is 77.7 cm³/mol. The van der Waals surface area contributed by atoms with Crippen LogP contribution >= 0.6 is 0 Å². The third-order valence-corrected chi connectivity index (χ3v) is 3.14. The van der Waals surface area contributed by atoms with E-state index >= 15 is 0 Å². The van der Waals surface area contributed by atoms with Crippen molar-refractivity contribution < 1.29 is 5.11 Å². The first-order chi connectivity index (χ1) is 8.99. The van der Waals surface area contributed by atoms with Gasteiger partial charge >= 0.3 is 0 Å². The molecule has 0 spiro atoms. The fraction of sp³-hybridized carbons (Fsp3) is 0.357. The van der Waals surface area contributed by atoms with Crippen LogP contribution in [-0.4, -0.2) is 28.8 Å². The maximum absolute atomic E-state index is 9.66. The van der Waals surface area contributed by atoms with Crippen LogP contribution < -0.4 is 10.2 Å². The average molecular weight is 260 g/mol. The van der Waals surface area contributed by atoms with Crippen molar-refractivity contribution in [2.24, 2.45) is 7.05 Å². The van der Waals surface area contributed by atoms with Crippen molar-refractivity contribution in [1.82, 2.24) is 9.55 Å². The van der Waals surface area contributed by atoms with Crippen LogP contribution in [0.5, 0.6) is 5.75 Å². The number of imidazole rings is 1. The number of hydrogen-bond donors (Lipinski definition) is 2. The highest BCUT2D eigenvalue weighted by atomic mass is 16.3. The number of rotatable bonds is 4. The van der Waals surface area contributed by atoms with Crippen LogP contribution in [0.3, 0.4) is 0 Å². The number of phenols is 1. The molecule has 0 aliphatic heterocycles. The molecule has 5 heteroatoms. The molecule has 1 aromatic heterocycles. The van der Waals surface area contributed by atoms with Crippen molar-refractivity contribution in [1.29, 1.82) is 0 Å². The minimum atomic E-state index is 0.309. The van der Waals surface area contributed by atoms with Gasteiger partial charge in [0.2, 0.25) is 5.95 Å². The zero-order chi connectivity index (χ0) is 14.0. The van der Waals surface area contributed by atoms with E-state index in [2.05, 4.69) is 10.3 Å². The fourth-order valence-electron chi connectivity index (χ4n) is 1.93.